The largest absolute Gasteiger partial charge is 0.444 e. The molecule has 4 nitrogen and oxygen atoms in total. The molecule has 1 N–H and O–H groups in total. The van der Waals surface area contributed by atoms with Crippen molar-refractivity contribution in [1.82, 2.24) is 10.2 Å². The lowest BCUT2D eigenvalue weighted by molar-refractivity contribution is 0.0214. The highest BCUT2D eigenvalue weighted by molar-refractivity contribution is 7.10. The molecule has 5 heteroatoms. The Morgan fingerprint density at radius 2 is 2.22 bits per heavy atom. The number of ether oxygens (including phenoxy) is 1. The van der Waals surface area contributed by atoms with Gasteiger partial charge in [-0.3, -0.25) is 0 Å². The van der Waals surface area contributed by atoms with Gasteiger partial charge in [-0.15, -0.1) is 11.3 Å². The first kappa shape index (κ1) is 18.3. The minimum Gasteiger partial charge on any atom is -0.444 e. The van der Waals surface area contributed by atoms with Crippen LogP contribution in [0.15, 0.2) is 17.5 Å². The third-order valence-electron chi connectivity index (χ3n) is 4.14. The molecule has 1 aliphatic rings. The molecule has 130 valence electrons. The van der Waals surface area contributed by atoms with E-state index in [-0.39, 0.29) is 12.1 Å². The van der Waals surface area contributed by atoms with Crippen molar-refractivity contribution < 1.29 is 9.53 Å². The van der Waals surface area contributed by atoms with Crippen molar-refractivity contribution in [1.29, 1.82) is 0 Å². The summed E-state index contributed by atoms with van der Waals surface area (Å²) in [7, 11) is 0. The first-order chi connectivity index (χ1) is 10.8. The Hall–Kier alpha value is -1.07. The number of nitrogens with zero attached hydrogens (tertiary/aromatic N) is 1. The number of likely N-dealkylation sites (tertiary alicyclic amines) is 1. The van der Waals surface area contributed by atoms with Crippen LogP contribution in [0.1, 0.15) is 64.8 Å². The Kier molecular flexibility index (Phi) is 6.09. The van der Waals surface area contributed by atoms with Crippen LogP contribution >= 0.6 is 11.3 Å². The second-order valence-corrected chi connectivity index (χ2v) is 8.49. The van der Waals surface area contributed by atoms with Gasteiger partial charge < -0.3 is 15.0 Å². The van der Waals surface area contributed by atoms with Gasteiger partial charge in [0.05, 0.1) is 0 Å². The van der Waals surface area contributed by atoms with E-state index in [0.29, 0.717) is 12.1 Å². The van der Waals surface area contributed by atoms with E-state index in [2.05, 4.69) is 36.7 Å². The molecular weight excluding hydrogens is 308 g/mol. The van der Waals surface area contributed by atoms with Crippen LogP contribution in [-0.4, -0.2) is 35.2 Å². The summed E-state index contributed by atoms with van der Waals surface area (Å²) in [6, 6.07) is 5.24. The Morgan fingerprint density at radius 1 is 1.48 bits per heavy atom. The second kappa shape index (κ2) is 7.67. The minimum atomic E-state index is -0.429. The van der Waals surface area contributed by atoms with Crippen molar-refractivity contribution in [3.05, 3.63) is 22.4 Å². The highest BCUT2D eigenvalue weighted by atomic mass is 32.1. The molecular formula is C18H30N2O2S. The van der Waals surface area contributed by atoms with Gasteiger partial charge in [0.1, 0.15) is 5.60 Å². The maximum Gasteiger partial charge on any atom is 0.410 e. The van der Waals surface area contributed by atoms with Crippen LogP contribution in [0.4, 0.5) is 4.79 Å². The summed E-state index contributed by atoms with van der Waals surface area (Å²) >= 11 is 1.78. The molecule has 2 unspecified atom stereocenters. The quantitative estimate of drug-likeness (QED) is 0.854. The lowest BCUT2D eigenvalue weighted by atomic mass is 10.1. The third kappa shape index (κ3) is 5.50. The van der Waals surface area contributed by atoms with Crippen LogP contribution in [0.3, 0.4) is 0 Å². The van der Waals surface area contributed by atoms with E-state index in [1.807, 2.05) is 25.7 Å². The summed E-state index contributed by atoms with van der Waals surface area (Å²) in [5.41, 5.74) is -0.429. The molecule has 0 radical (unpaired) electrons. The van der Waals surface area contributed by atoms with Gasteiger partial charge in [0.15, 0.2) is 0 Å². The third-order valence-corrected chi connectivity index (χ3v) is 5.19. The predicted octanol–water partition coefficient (Wildman–Crippen LogP) is 4.58. The number of hydrogen-bond donors (Lipinski definition) is 1. The van der Waals surface area contributed by atoms with E-state index < -0.39 is 5.60 Å². The smallest absolute Gasteiger partial charge is 0.410 e. The van der Waals surface area contributed by atoms with Gasteiger partial charge in [-0.25, -0.2) is 4.79 Å². The molecule has 3 atom stereocenters. The van der Waals surface area contributed by atoms with E-state index in [0.717, 1.165) is 25.8 Å². The van der Waals surface area contributed by atoms with E-state index >= 15 is 0 Å². The molecule has 0 spiro atoms. The molecule has 23 heavy (non-hydrogen) atoms. The predicted molar refractivity (Wildman–Crippen MR) is 95.9 cm³/mol. The zero-order valence-corrected chi connectivity index (χ0v) is 15.8. The monoisotopic (exact) mass is 338 g/mol. The SMILES string of the molecule is CC(CC1CCCN1C(=O)OC(C)(C)C)N[C@H](C)c1cccs1. The zero-order valence-electron chi connectivity index (χ0n) is 15.0. The van der Waals surface area contributed by atoms with Crippen LogP contribution in [0.5, 0.6) is 0 Å². The van der Waals surface area contributed by atoms with Gasteiger partial charge in [0.2, 0.25) is 0 Å². The summed E-state index contributed by atoms with van der Waals surface area (Å²) in [4.78, 5) is 15.6. The van der Waals surface area contributed by atoms with Crippen molar-refractivity contribution in [2.75, 3.05) is 6.54 Å². The molecule has 0 saturated carbocycles. The lowest BCUT2D eigenvalue weighted by Crippen LogP contribution is -2.42. The van der Waals surface area contributed by atoms with E-state index in [4.69, 9.17) is 4.74 Å². The van der Waals surface area contributed by atoms with Crippen molar-refractivity contribution in [3.8, 4) is 0 Å². The first-order valence-electron chi connectivity index (χ1n) is 8.55. The van der Waals surface area contributed by atoms with Gasteiger partial charge in [-0.05, 0) is 65.3 Å². The van der Waals surface area contributed by atoms with E-state index in [1.165, 1.54) is 4.88 Å². The van der Waals surface area contributed by atoms with Gasteiger partial charge in [0, 0.05) is 29.5 Å². The number of amides is 1. The highest BCUT2D eigenvalue weighted by Crippen LogP contribution is 2.25. The summed E-state index contributed by atoms with van der Waals surface area (Å²) in [6.07, 6.45) is 2.93. The van der Waals surface area contributed by atoms with Gasteiger partial charge in [0.25, 0.3) is 0 Å². The van der Waals surface area contributed by atoms with Crippen molar-refractivity contribution in [2.24, 2.45) is 0 Å². The first-order valence-corrected chi connectivity index (χ1v) is 9.43. The molecule has 0 aromatic carbocycles. The summed E-state index contributed by atoms with van der Waals surface area (Å²) in [5, 5.41) is 5.76. The van der Waals surface area contributed by atoms with E-state index in [9.17, 15) is 4.79 Å². The van der Waals surface area contributed by atoms with Gasteiger partial charge in [-0.1, -0.05) is 6.07 Å². The molecule has 1 fully saturated rings. The molecule has 1 amide bonds. The summed E-state index contributed by atoms with van der Waals surface area (Å²) in [6.45, 7) is 11.0. The Labute approximate surface area is 144 Å². The average Bonchev–Trinajstić information content (AvgIpc) is 3.06. The van der Waals surface area contributed by atoms with E-state index in [1.54, 1.807) is 11.3 Å². The number of nitrogens with one attached hydrogen (secondary N) is 1. The fourth-order valence-electron chi connectivity index (χ4n) is 3.16. The molecule has 1 aromatic heterocycles. The molecule has 1 aromatic rings. The number of rotatable bonds is 5. The Bertz CT molecular complexity index is 496. The van der Waals surface area contributed by atoms with Crippen LogP contribution < -0.4 is 5.32 Å². The minimum absolute atomic E-state index is 0.168. The van der Waals surface area contributed by atoms with Crippen LogP contribution in [-0.2, 0) is 4.74 Å². The molecule has 0 bridgehead atoms. The highest BCUT2D eigenvalue weighted by Gasteiger charge is 2.33. The summed E-state index contributed by atoms with van der Waals surface area (Å²) < 4.78 is 5.54. The van der Waals surface area contributed by atoms with Crippen molar-refractivity contribution in [2.45, 2.75) is 77.6 Å². The number of thiophene rings is 1. The Morgan fingerprint density at radius 3 is 2.83 bits per heavy atom. The van der Waals surface area contributed by atoms with Crippen LogP contribution in [0.2, 0.25) is 0 Å². The topological polar surface area (TPSA) is 41.6 Å². The maximum absolute atomic E-state index is 12.3. The normalized spacial score (nSPS) is 21.3. The fraction of sp³-hybridized carbons (Fsp3) is 0.722. The summed E-state index contributed by atoms with van der Waals surface area (Å²) in [5.74, 6) is 0. The van der Waals surface area contributed by atoms with Gasteiger partial charge in [-0.2, -0.15) is 0 Å². The van der Waals surface area contributed by atoms with Gasteiger partial charge >= 0.3 is 6.09 Å². The molecule has 0 aliphatic carbocycles. The van der Waals surface area contributed by atoms with Crippen molar-refractivity contribution in [3.63, 3.8) is 0 Å². The van der Waals surface area contributed by atoms with Crippen LogP contribution in [0.25, 0.3) is 0 Å². The number of hydrogen-bond acceptors (Lipinski definition) is 4. The number of carbonyl (C=O) groups is 1. The molecule has 1 saturated heterocycles. The Balaban J connectivity index is 1.86. The molecule has 1 aliphatic heterocycles. The molecule has 2 heterocycles. The number of carbonyl (C=O) groups excluding carboxylic acids is 1. The van der Waals surface area contributed by atoms with Crippen LogP contribution in [0, 0.1) is 0 Å². The fourth-order valence-corrected chi connectivity index (χ4v) is 3.91. The standard InChI is InChI=1S/C18H30N2O2S/c1-13(19-14(2)16-9-7-11-23-16)12-15-8-6-10-20(15)17(21)22-18(3,4)5/h7,9,11,13-15,19H,6,8,10,12H2,1-5H3/t13?,14-,15?/m1/s1. The van der Waals surface area contributed by atoms with Crippen molar-refractivity contribution >= 4 is 17.4 Å². The zero-order chi connectivity index (χ0) is 17.0. The second-order valence-electron chi connectivity index (χ2n) is 7.51. The average molecular weight is 339 g/mol. The molecule has 2 rings (SSSR count). The lowest BCUT2D eigenvalue weighted by Gasteiger charge is -2.30. The maximum atomic E-state index is 12.3.